The van der Waals surface area contributed by atoms with Crippen molar-refractivity contribution in [1.82, 2.24) is 14.8 Å². The average molecular weight is 398 g/mol. The van der Waals surface area contributed by atoms with Gasteiger partial charge in [0.05, 0.1) is 19.9 Å². The first-order chi connectivity index (χ1) is 13.5. The van der Waals surface area contributed by atoms with Gasteiger partial charge < -0.3 is 14.8 Å². The van der Waals surface area contributed by atoms with Gasteiger partial charge in [-0.3, -0.25) is 14.5 Å². The summed E-state index contributed by atoms with van der Waals surface area (Å²) in [5.41, 5.74) is 2.69. The van der Waals surface area contributed by atoms with Crippen LogP contribution >= 0.6 is 12.2 Å². The molecule has 1 aromatic heterocycles. The van der Waals surface area contributed by atoms with Crippen LogP contribution in [0.5, 0.6) is 11.5 Å². The fourth-order valence-electron chi connectivity index (χ4n) is 2.78. The first kappa shape index (κ1) is 19.6. The van der Waals surface area contributed by atoms with Gasteiger partial charge >= 0.3 is 0 Å². The van der Waals surface area contributed by atoms with Crippen molar-refractivity contribution in [3.05, 3.63) is 52.8 Å². The number of carbonyl (C=O) groups excluding carboxylic acids is 1. The van der Waals surface area contributed by atoms with Crippen LogP contribution < -0.4 is 14.8 Å². The third-order valence-electron chi connectivity index (χ3n) is 4.31. The summed E-state index contributed by atoms with van der Waals surface area (Å²) in [6, 6.07) is 13.2. The number of nitrogens with zero attached hydrogens (tertiary/aromatic N) is 2. The number of H-pyrrole nitrogens is 1. The summed E-state index contributed by atoms with van der Waals surface area (Å²) in [7, 11) is 3.12. The third-order valence-corrected chi connectivity index (χ3v) is 4.62. The molecule has 1 heterocycles. The van der Waals surface area contributed by atoms with Gasteiger partial charge in [0, 0.05) is 24.6 Å². The van der Waals surface area contributed by atoms with Crippen LogP contribution in [0.15, 0.2) is 42.5 Å². The predicted molar refractivity (Wildman–Crippen MR) is 110 cm³/mol. The van der Waals surface area contributed by atoms with Gasteiger partial charge in [-0.2, -0.15) is 5.10 Å². The number of anilines is 1. The number of aryl methyl sites for hydroxylation is 1. The Balaban J connectivity index is 1.71. The van der Waals surface area contributed by atoms with Crippen LogP contribution in [-0.4, -0.2) is 34.9 Å². The molecular formula is C20H22N4O3S. The third kappa shape index (κ3) is 4.40. The van der Waals surface area contributed by atoms with Crippen molar-refractivity contribution in [2.24, 2.45) is 0 Å². The number of methoxy groups -OCH3 is 2. The van der Waals surface area contributed by atoms with Gasteiger partial charge in [0.25, 0.3) is 0 Å². The molecule has 0 unspecified atom stereocenters. The zero-order chi connectivity index (χ0) is 20.1. The second-order valence-electron chi connectivity index (χ2n) is 6.23. The lowest BCUT2D eigenvalue weighted by atomic mass is 10.1. The molecule has 3 aromatic rings. The highest BCUT2D eigenvalue weighted by Gasteiger charge is 2.12. The normalized spacial score (nSPS) is 10.5. The van der Waals surface area contributed by atoms with Crippen LogP contribution in [-0.2, 0) is 11.3 Å². The van der Waals surface area contributed by atoms with E-state index in [1.165, 1.54) is 0 Å². The Morgan fingerprint density at radius 3 is 2.61 bits per heavy atom. The Hall–Kier alpha value is -3.13. The van der Waals surface area contributed by atoms with Crippen molar-refractivity contribution in [1.29, 1.82) is 0 Å². The first-order valence-corrected chi connectivity index (χ1v) is 9.16. The molecule has 0 radical (unpaired) electrons. The number of hydrogen-bond acceptors (Lipinski definition) is 5. The molecule has 0 bridgehead atoms. The largest absolute Gasteiger partial charge is 0.497 e. The lowest BCUT2D eigenvalue weighted by molar-refractivity contribution is -0.116. The van der Waals surface area contributed by atoms with Gasteiger partial charge in [0.15, 0.2) is 10.6 Å². The van der Waals surface area contributed by atoms with Crippen LogP contribution in [0.1, 0.15) is 12.0 Å². The minimum Gasteiger partial charge on any atom is -0.497 e. The molecule has 8 heteroatoms. The average Bonchev–Trinajstić information content (AvgIpc) is 3.07. The Labute approximate surface area is 168 Å². The molecule has 2 N–H and O–H groups in total. The molecule has 0 aliphatic heterocycles. The predicted octanol–water partition coefficient (Wildman–Crippen LogP) is 3.96. The summed E-state index contributed by atoms with van der Waals surface area (Å²) >= 11 is 5.33. The molecule has 0 aliphatic rings. The monoisotopic (exact) mass is 398 g/mol. The van der Waals surface area contributed by atoms with E-state index >= 15 is 0 Å². The minimum absolute atomic E-state index is 0.151. The Kier molecular flexibility index (Phi) is 6.10. The van der Waals surface area contributed by atoms with Crippen LogP contribution in [0.3, 0.4) is 0 Å². The molecule has 0 fully saturated rings. The van der Waals surface area contributed by atoms with Gasteiger partial charge in [-0.15, -0.1) is 0 Å². The highest BCUT2D eigenvalue weighted by molar-refractivity contribution is 7.71. The Morgan fingerprint density at radius 2 is 1.93 bits per heavy atom. The van der Waals surface area contributed by atoms with Crippen molar-refractivity contribution < 1.29 is 14.3 Å². The maximum absolute atomic E-state index is 12.5. The van der Waals surface area contributed by atoms with E-state index in [1.54, 1.807) is 32.4 Å². The van der Waals surface area contributed by atoms with E-state index in [0.29, 0.717) is 34.3 Å². The molecular weight excluding hydrogens is 376 g/mol. The lowest BCUT2D eigenvalue weighted by Crippen LogP contribution is -2.15. The summed E-state index contributed by atoms with van der Waals surface area (Å²) in [5.74, 6) is 1.75. The maximum atomic E-state index is 12.5. The van der Waals surface area contributed by atoms with E-state index in [-0.39, 0.29) is 12.3 Å². The molecule has 0 spiro atoms. The van der Waals surface area contributed by atoms with Gasteiger partial charge in [0.1, 0.15) is 11.5 Å². The van der Waals surface area contributed by atoms with E-state index in [9.17, 15) is 4.79 Å². The number of aromatic amines is 1. The quantitative estimate of drug-likeness (QED) is 0.589. The summed E-state index contributed by atoms with van der Waals surface area (Å²) in [6.07, 6.45) is 0.238. The molecule has 0 aliphatic carbocycles. The fraction of sp³-hybridized carbons (Fsp3) is 0.250. The van der Waals surface area contributed by atoms with Gasteiger partial charge in [-0.05, 0) is 31.3 Å². The number of amides is 1. The number of ether oxygens (including phenoxy) is 2. The zero-order valence-electron chi connectivity index (χ0n) is 16.0. The smallest absolute Gasteiger partial charge is 0.226 e. The van der Waals surface area contributed by atoms with E-state index in [1.807, 2.05) is 35.8 Å². The molecule has 2 aromatic carbocycles. The van der Waals surface area contributed by atoms with Crippen LogP contribution in [0.25, 0.3) is 11.4 Å². The molecule has 0 atom stereocenters. The second-order valence-corrected chi connectivity index (χ2v) is 6.62. The summed E-state index contributed by atoms with van der Waals surface area (Å²) < 4.78 is 12.8. The number of nitrogens with one attached hydrogen (secondary N) is 2. The van der Waals surface area contributed by atoms with Crippen molar-refractivity contribution in [3.63, 3.8) is 0 Å². The van der Waals surface area contributed by atoms with Crippen molar-refractivity contribution in [3.8, 4) is 22.9 Å². The number of carbonyl (C=O) groups is 1. The summed E-state index contributed by atoms with van der Waals surface area (Å²) in [4.78, 5) is 12.5. The minimum atomic E-state index is -0.151. The molecule has 146 valence electrons. The van der Waals surface area contributed by atoms with Crippen molar-refractivity contribution in [2.45, 2.75) is 19.9 Å². The number of hydrogen-bond donors (Lipinski definition) is 2. The van der Waals surface area contributed by atoms with E-state index in [4.69, 9.17) is 21.7 Å². The van der Waals surface area contributed by atoms with E-state index in [2.05, 4.69) is 15.5 Å². The maximum Gasteiger partial charge on any atom is 0.226 e. The zero-order valence-corrected chi connectivity index (χ0v) is 16.8. The van der Waals surface area contributed by atoms with Gasteiger partial charge in [-0.1, -0.05) is 29.8 Å². The fourth-order valence-corrected chi connectivity index (χ4v) is 3.00. The Morgan fingerprint density at radius 1 is 1.18 bits per heavy atom. The van der Waals surface area contributed by atoms with Gasteiger partial charge in [-0.25, -0.2) is 0 Å². The standard InChI is InChI=1S/C20H22N4O3S/c1-13-4-6-14(7-5-13)19-22-23-20(28)24(19)11-10-18(25)21-16-9-8-15(26-2)12-17(16)27-3/h4-9,12H,10-11H2,1-3H3,(H,21,25)(H,23,28). The number of aromatic nitrogens is 3. The highest BCUT2D eigenvalue weighted by atomic mass is 32.1. The molecule has 0 saturated carbocycles. The molecule has 1 amide bonds. The summed E-state index contributed by atoms with van der Waals surface area (Å²) in [5, 5.41) is 9.97. The molecule has 0 saturated heterocycles. The van der Waals surface area contributed by atoms with Crippen LogP contribution in [0.4, 0.5) is 5.69 Å². The first-order valence-electron chi connectivity index (χ1n) is 8.76. The summed E-state index contributed by atoms with van der Waals surface area (Å²) in [6.45, 7) is 2.43. The number of benzene rings is 2. The molecule has 7 nitrogen and oxygen atoms in total. The number of rotatable bonds is 7. The van der Waals surface area contributed by atoms with Crippen LogP contribution in [0, 0.1) is 11.7 Å². The SMILES string of the molecule is COc1ccc(NC(=O)CCn2c(-c3ccc(C)cc3)n[nH]c2=S)c(OC)c1. The topological polar surface area (TPSA) is 81.2 Å². The second kappa shape index (κ2) is 8.71. The molecule has 3 rings (SSSR count). The lowest BCUT2D eigenvalue weighted by Gasteiger charge is -2.12. The van der Waals surface area contributed by atoms with Gasteiger partial charge in [0.2, 0.25) is 5.91 Å². The molecule has 28 heavy (non-hydrogen) atoms. The Bertz CT molecular complexity index is 1020. The van der Waals surface area contributed by atoms with Crippen molar-refractivity contribution in [2.75, 3.05) is 19.5 Å². The van der Waals surface area contributed by atoms with Crippen LogP contribution in [0.2, 0.25) is 0 Å². The van der Waals surface area contributed by atoms with E-state index < -0.39 is 0 Å². The van der Waals surface area contributed by atoms with Crippen molar-refractivity contribution >= 4 is 23.8 Å². The highest BCUT2D eigenvalue weighted by Crippen LogP contribution is 2.29. The van der Waals surface area contributed by atoms with E-state index in [0.717, 1.165) is 11.1 Å².